The van der Waals surface area contributed by atoms with Gasteiger partial charge in [-0.25, -0.2) is 4.18 Å². The maximum atomic E-state index is 12.6. The fourth-order valence-corrected chi connectivity index (χ4v) is 11.5. The molecule has 8 unspecified atom stereocenters. The first kappa shape index (κ1) is 36.8. The van der Waals surface area contributed by atoms with Crippen molar-refractivity contribution in [3.05, 3.63) is 0 Å². The van der Waals surface area contributed by atoms with E-state index >= 15 is 0 Å². The first-order chi connectivity index (χ1) is 21.4. The summed E-state index contributed by atoms with van der Waals surface area (Å²) in [6, 6.07) is 0. The first-order valence-corrected chi connectivity index (χ1v) is 18.6. The highest BCUT2D eigenvalue weighted by molar-refractivity contribution is 7.80. The number of aliphatic hydroxyl groups is 5. The maximum absolute atomic E-state index is 12.6. The Morgan fingerprint density at radius 3 is 2.26 bits per heavy atom. The lowest BCUT2D eigenvalue weighted by atomic mass is 9.42. The van der Waals surface area contributed by atoms with E-state index in [1.54, 1.807) is 0 Å². The van der Waals surface area contributed by atoms with Gasteiger partial charge in [-0.1, -0.05) is 34.6 Å². The fraction of sp³-hybridized carbons (Fsp3) is 1.00. The van der Waals surface area contributed by atoms with Crippen molar-refractivity contribution in [3.63, 3.8) is 0 Å². The van der Waals surface area contributed by atoms with Gasteiger partial charge in [0.15, 0.2) is 6.29 Å². The van der Waals surface area contributed by atoms with Crippen LogP contribution in [0.15, 0.2) is 0 Å². The lowest BCUT2D eigenvalue weighted by molar-refractivity contribution is -0.263. The van der Waals surface area contributed by atoms with Crippen LogP contribution in [0.1, 0.15) is 92.4 Å². The molecule has 1 saturated heterocycles. The highest BCUT2D eigenvalue weighted by Crippen LogP contribution is 2.69. The molecule has 0 aromatic carbocycles. The summed E-state index contributed by atoms with van der Waals surface area (Å²) >= 11 is 0. The van der Waals surface area contributed by atoms with Crippen LogP contribution in [0.25, 0.3) is 0 Å². The van der Waals surface area contributed by atoms with E-state index in [9.17, 15) is 34.0 Å². The molecule has 0 amide bonds. The normalized spacial score (nSPS) is 48.9. The number of hydrogen-bond donors (Lipinski definition) is 6. The molecule has 5 aliphatic rings. The molecule has 6 N–H and O–H groups in total. The Hall–Kier alpha value is -0.450. The molecule has 16 atom stereocenters. The van der Waals surface area contributed by atoms with Crippen LogP contribution in [0.3, 0.4) is 0 Å². The van der Waals surface area contributed by atoms with Crippen molar-refractivity contribution in [2.24, 2.45) is 46.3 Å². The van der Waals surface area contributed by atoms with Gasteiger partial charge in [0.25, 0.3) is 0 Å². The summed E-state index contributed by atoms with van der Waals surface area (Å²) in [5.74, 6) is -0.0431. The van der Waals surface area contributed by atoms with Gasteiger partial charge in [0.05, 0.1) is 36.6 Å². The molecule has 46 heavy (non-hydrogen) atoms. The van der Waals surface area contributed by atoms with Crippen LogP contribution in [0.4, 0.5) is 0 Å². The molecule has 5 rings (SSSR count). The summed E-state index contributed by atoms with van der Waals surface area (Å²) in [5, 5.41) is 56.8. The van der Waals surface area contributed by atoms with Gasteiger partial charge in [0.2, 0.25) is 0 Å². The summed E-state index contributed by atoms with van der Waals surface area (Å²) in [4.78, 5) is 0. The summed E-state index contributed by atoms with van der Waals surface area (Å²) in [5.41, 5.74) is -1.78. The van der Waals surface area contributed by atoms with Gasteiger partial charge >= 0.3 is 10.4 Å². The van der Waals surface area contributed by atoms with Crippen molar-refractivity contribution in [2.45, 2.75) is 147 Å². The molecular weight excluding hydrogens is 620 g/mol. The second-order valence-corrected chi connectivity index (χ2v) is 17.3. The quantitative estimate of drug-likeness (QED) is 0.175. The predicted octanol–water partition coefficient (Wildman–Crippen LogP) is 2.44. The lowest BCUT2D eigenvalue weighted by Crippen LogP contribution is -2.68. The first-order valence-electron chi connectivity index (χ1n) is 17.3. The third-order valence-electron chi connectivity index (χ3n) is 13.3. The highest BCUT2D eigenvalue weighted by Gasteiger charge is 2.70. The monoisotopic (exact) mass is 678 g/mol. The number of aliphatic hydroxyl groups excluding tert-OH is 4. The van der Waals surface area contributed by atoms with E-state index in [0.29, 0.717) is 25.7 Å². The van der Waals surface area contributed by atoms with Gasteiger partial charge in [-0.3, -0.25) is 4.55 Å². The Morgan fingerprint density at radius 2 is 1.63 bits per heavy atom. The predicted molar refractivity (Wildman–Crippen MR) is 167 cm³/mol. The van der Waals surface area contributed by atoms with Gasteiger partial charge in [-0.05, 0) is 91.8 Å². The Kier molecular flexibility index (Phi) is 10.7. The number of rotatable bonds is 11. The van der Waals surface area contributed by atoms with E-state index in [1.165, 1.54) is 7.11 Å². The van der Waals surface area contributed by atoms with Crippen molar-refractivity contribution in [2.75, 3.05) is 13.7 Å². The number of fused-ring (bicyclic) bond motifs is 5. The Labute approximate surface area is 274 Å². The van der Waals surface area contributed by atoms with Crippen LogP contribution in [0.2, 0.25) is 0 Å². The molecule has 0 spiro atoms. The van der Waals surface area contributed by atoms with Crippen LogP contribution in [0, 0.1) is 46.3 Å². The second kappa shape index (κ2) is 13.4. The van der Waals surface area contributed by atoms with Crippen molar-refractivity contribution in [1.82, 2.24) is 0 Å². The molecule has 4 aliphatic carbocycles. The lowest BCUT2D eigenvalue weighted by Gasteiger charge is -2.66. The van der Waals surface area contributed by atoms with Crippen molar-refractivity contribution >= 4 is 10.4 Å². The van der Waals surface area contributed by atoms with E-state index in [0.717, 1.165) is 25.7 Å². The van der Waals surface area contributed by atoms with Crippen LogP contribution in [-0.2, 0) is 28.8 Å². The molecule has 5 fully saturated rings. The molecule has 13 heteroatoms. The summed E-state index contributed by atoms with van der Waals surface area (Å²) in [6.07, 6.45) is -0.342. The molecule has 1 aliphatic heterocycles. The zero-order valence-electron chi connectivity index (χ0n) is 28.2. The van der Waals surface area contributed by atoms with Crippen molar-refractivity contribution in [1.29, 1.82) is 0 Å². The third-order valence-corrected chi connectivity index (χ3v) is 13.8. The van der Waals surface area contributed by atoms with Crippen LogP contribution in [-0.4, -0.2) is 107 Å². The van der Waals surface area contributed by atoms with E-state index in [4.69, 9.17) is 18.8 Å². The van der Waals surface area contributed by atoms with Gasteiger partial charge in [0.1, 0.15) is 18.3 Å². The number of hydrogen-bond acceptors (Lipinski definition) is 11. The molecule has 1 heterocycles. The fourth-order valence-electron chi connectivity index (χ4n) is 11.2. The molecule has 4 saturated carbocycles. The standard InChI is InChI=1S/C33H58O12S/c1-17(2)24(44-30-27(37)28(42-6)25(45-30)16-43-46(39,40)41)8-7-18(3)20-14-22(35)29-32(20,5)12-10-26-31(4)11-9-19(34)13-21(31)23(36)15-33(26,29)38/h17-30,34-38H,7-16H2,1-6H3,(H,39,40,41)/t18-,19+,20-,21?,22?,23+,24+,25?,26?,27?,28?,29?,30?,31+,32-,33+/m1/s1. The van der Waals surface area contributed by atoms with Crippen LogP contribution in [0.5, 0.6) is 0 Å². The van der Waals surface area contributed by atoms with E-state index < -0.39 is 65.5 Å². The second-order valence-electron chi connectivity index (χ2n) is 16.2. The summed E-state index contributed by atoms with van der Waals surface area (Å²) < 4.78 is 53.0. The Balaban J connectivity index is 1.26. The summed E-state index contributed by atoms with van der Waals surface area (Å²) in [6.45, 7) is 10.1. The molecular formula is C33H58O12S. The number of ether oxygens (including phenoxy) is 3. The van der Waals surface area contributed by atoms with Crippen molar-refractivity contribution < 1.29 is 56.9 Å². The smallest absolute Gasteiger partial charge is 0.393 e. The minimum absolute atomic E-state index is 0.0399. The third kappa shape index (κ3) is 6.57. The largest absolute Gasteiger partial charge is 0.397 e. The number of methoxy groups -OCH3 is 1. The van der Waals surface area contributed by atoms with Crippen molar-refractivity contribution in [3.8, 4) is 0 Å². The van der Waals surface area contributed by atoms with E-state index in [-0.39, 0.29) is 58.9 Å². The maximum Gasteiger partial charge on any atom is 0.397 e. The molecule has 0 aromatic rings. The SMILES string of the molecule is COC1C(COS(=O)(=O)O)OC(O[C@@H](CC[C@@H](C)[C@H]2CC(O)C3[C@]4(O)C[C@H](O)C5C[C@@H](O)CC[C@]5(C)C4CC[C@@]32C)C(C)C)C1O. The topological polar surface area (TPSA) is 192 Å². The zero-order valence-corrected chi connectivity index (χ0v) is 29.0. The average Bonchev–Trinajstić information content (AvgIpc) is 3.41. The Morgan fingerprint density at radius 1 is 0.957 bits per heavy atom. The van der Waals surface area contributed by atoms with Crippen LogP contribution < -0.4 is 0 Å². The van der Waals surface area contributed by atoms with E-state index in [1.807, 2.05) is 13.8 Å². The average molecular weight is 679 g/mol. The molecule has 0 aromatic heterocycles. The van der Waals surface area contributed by atoms with Crippen LogP contribution >= 0.6 is 0 Å². The van der Waals surface area contributed by atoms with Gasteiger partial charge < -0.3 is 39.7 Å². The van der Waals surface area contributed by atoms with E-state index in [2.05, 4.69) is 25.0 Å². The minimum atomic E-state index is -4.70. The highest BCUT2D eigenvalue weighted by atomic mass is 32.3. The van der Waals surface area contributed by atoms with Gasteiger partial charge in [-0.2, -0.15) is 8.42 Å². The summed E-state index contributed by atoms with van der Waals surface area (Å²) in [7, 11) is -3.33. The molecule has 12 nitrogen and oxygen atoms in total. The zero-order chi connectivity index (χ0) is 34.0. The minimum Gasteiger partial charge on any atom is -0.393 e. The molecule has 0 bridgehead atoms. The molecule has 268 valence electrons. The van der Waals surface area contributed by atoms with Gasteiger partial charge in [-0.15, -0.1) is 0 Å². The molecule has 0 radical (unpaired) electrons. The van der Waals surface area contributed by atoms with Gasteiger partial charge in [0, 0.05) is 19.4 Å². The Bertz CT molecular complexity index is 1170.